The van der Waals surface area contributed by atoms with Crippen molar-refractivity contribution in [3.63, 3.8) is 0 Å². The second-order valence-electron chi connectivity index (χ2n) is 6.81. The number of esters is 1. The molecule has 0 saturated heterocycles. The minimum absolute atomic E-state index is 0.305. The Kier molecular flexibility index (Phi) is 9.04. The van der Waals surface area contributed by atoms with Gasteiger partial charge >= 0.3 is 13.6 Å². The van der Waals surface area contributed by atoms with Gasteiger partial charge in [-0.2, -0.15) is 11.8 Å². The van der Waals surface area contributed by atoms with Crippen LogP contribution in [0.15, 0.2) is 0 Å². The van der Waals surface area contributed by atoms with Gasteiger partial charge in [0.2, 0.25) is 5.85 Å². The summed E-state index contributed by atoms with van der Waals surface area (Å²) in [6.07, 6.45) is 2.29. The Morgan fingerprint density at radius 1 is 1.14 bits per heavy atom. The highest BCUT2D eigenvalue weighted by Crippen LogP contribution is 2.59. The highest BCUT2D eigenvalue weighted by atomic mass is 35.5. The van der Waals surface area contributed by atoms with Crippen LogP contribution in [0.25, 0.3) is 0 Å². The van der Waals surface area contributed by atoms with E-state index in [1.54, 1.807) is 53.3 Å². The Bertz CT molecular complexity index is 383. The Hall–Kier alpha value is 0.260. The van der Waals surface area contributed by atoms with Gasteiger partial charge in [-0.25, -0.2) is 0 Å². The molecule has 0 amide bonds. The summed E-state index contributed by atoms with van der Waals surface area (Å²) >= 11 is 7.06. The smallest absolute Gasteiger partial charge is 0.371 e. The third kappa shape index (κ3) is 9.41. The van der Waals surface area contributed by atoms with Crippen LogP contribution >= 0.6 is 31.0 Å². The number of halogens is 1. The normalized spacial score (nSPS) is 14.7. The summed E-state index contributed by atoms with van der Waals surface area (Å²) in [7, 11) is -3.68. The molecular formula is C14H28ClO5PS. The Balaban J connectivity index is 5.50. The molecule has 0 aliphatic heterocycles. The molecule has 0 rings (SSSR count). The van der Waals surface area contributed by atoms with Gasteiger partial charge in [0, 0.05) is 6.42 Å². The molecule has 0 aromatic rings. The molecule has 0 radical (unpaired) electrons. The van der Waals surface area contributed by atoms with Crippen molar-refractivity contribution < 1.29 is 23.1 Å². The van der Waals surface area contributed by atoms with Crippen molar-refractivity contribution in [2.75, 3.05) is 17.9 Å². The highest BCUT2D eigenvalue weighted by Gasteiger charge is 2.44. The molecule has 1 atom stereocenters. The molecule has 0 fully saturated rings. The van der Waals surface area contributed by atoms with Crippen LogP contribution in [0.5, 0.6) is 0 Å². The molecule has 0 heterocycles. The van der Waals surface area contributed by atoms with Gasteiger partial charge in [-0.05, 0) is 53.6 Å². The van der Waals surface area contributed by atoms with E-state index in [-0.39, 0.29) is 5.88 Å². The number of ether oxygens (including phenoxy) is 1. The lowest BCUT2D eigenvalue weighted by atomic mass is 10.2. The molecule has 0 N–H and O–H groups in total. The summed E-state index contributed by atoms with van der Waals surface area (Å²) < 4.78 is 30.0. The SMILES string of the molecule is CSCC[C@H](OC(=O)CCl)P(=O)(OC(C)(C)C)OC(C)(C)C. The van der Waals surface area contributed by atoms with Gasteiger partial charge in [-0.1, -0.05) is 0 Å². The zero-order valence-electron chi connectivity index (χ0n) is 14.5. The number of hydrogen-bond acceptors (Lipinski definition) is 6. The maximum absolute atomic E-state index is 13.3. The Labute approximate surface area is 143 Å². The molecule has 0 saturated carbocycles. The molecule has 0 aromatic heterocycles. The van der Waals surface area contributed by atoms with Gasteiger partial charge < -0.3 is 13.8 Å². The fraction of sp³-hybridized carbons (Fsp3) is 0.929. The number of carbonyl (C=O) groups excluding carboxylic acids is 1. The number of thioether (sulfide) groups is 1. The molecule has 0 aliphatic rings. The zero-order chi connectivity index (χ0) is 17.6. The Morgan fingerprint density at radius 3 is 1.91 bits per heavy atom. The van der Waals surface area contributed by atoms with E-state index in [1.807, 2.05) is 6.26 Å². The molecule has 8 heteroatoms. The summed E-state index contributed by atoms with van der Waals surface area (Å²) in [6, 6.07) is 0. The van der Waals surface area contributed by atoms with Crippen LogP contribution in [0.2, 0.25) is 0 Å². The third-order valence-corrected chi connectivity index (χ3v) is 5.64. The van der Waals surface area contributed by atoms with E-state index in [2.05, 4.69) is 0 Å². The lowest BCUT2D eigenvalue weighted by molar-refractivity contribution is -0.144. The van der Waals surface area contributed by atoms with Crippen molar-refractivity contribution in [1.29, 1.82) is 0 Å². The molecule has 22 heavy (non-hydrogen) atoms. The van der Waals surface area contributed by atoms with Crippen LogP contribution in [0, 0.1) is 0 Å². The monoisotopic (exact) mass is 374 g/mol. The molecule has 0 spiro atoms. The van der Waals surface area contributed by atoms with E-state index in [0.717, 1.165) is 0 Å². The van der Waals surface area contributed by atoms with Gasteiger partial charge in [-0.3, -0.25) is 9.36 Å². The maximum atomic E-state index is 13.3. The summed E-state index contributed by atoms with van der Waals surface area (Å²) in [4.78, 5) is 11.6. The van der Waals surface area contributed by atoms with Crippen LogP contribution in [-0.4, -0.2) is 40.9 Å². The first kappa shape index (κ1) is 22.3. The second kappa shape index (κ2) is 8.93. The predicted octanol–water partition coefficient (Wildman–Crippen LogP) is 4.67. The summed E-state index contributed by atoms with van der Waals surface area (Å²) in [5.41, 5.74) is -1.41. The zero-order valence-corrected chi connectivity index (χ0v) is 16.9. The van der Waals surface area contributed by atoms with Gasteiger partial charge in [-0.15, -0.1) is 11.6 Å². The first-order chi connectivity index (χ1) is 9.83. The molecular weight excluding hydrogens is 347 g/mol. The largest absolute Gasteiger partial charge is 0.448 e. The first-order valence-electron chi connectivity index (χ1n) is 7.08. The van der Waals surface area contributed by atoms with Crippen molar-refractivity contribution in [3.8, 4) is 0 Å². The van der Waals surface area contributed by atoms with Gasteiger partial charge in [0.1, 0.15) is 5.88 Å². The third-order valence-electron chi connectivity index (χ3n) is 2.10. The van der Waals surface area contributed by atoms with Gasteiger partial charge in [0.15, 0.2) is 0 Å². The number of rotatable bonds is 8. The van der Waals surface area contributed by atoms with E-state index in [9.17, 15) is 9.36 Å². The van der Waals surface area contributed by atoms with Crippen molar-refractivity contribution in [1.82, 2.24) is 0 Å². The van der Waals surface area contributed by atoms with E-state index >= 15 is 0 Å². The molecule has 0 aromatic carbocycles. The van der Waals surface area contributed by atoms with Crippen molar-refractivity contribution in [2.45, 2.75) is 65.0 Å². The van der Waals surface area contributed by atoms with Crippen LogP contribution in [0.4, 0.5) is 0 Å². The minimum atomic E-state index is -3.68. The van der Waals surface area contributed by atoms with E-state index in [4.69, 9.17) is 25.4 Å². The van der Waals surface area contributed by atoms with Crippen LogP contribution in [-0.2, 0) is 23.1 Å². The maximum Gasteiger partial charge on any atom is 0.371 e. The van der Waals surface area contributed by atoms with Crippen molar-refractivity contribution in [3.05, 3.63) is 0 Å². The highest BCUT2D eigenvalue weighted by molar-refractivity contribution is 7.98. The molecule has 0 bridgehead atoms. The fourth-order valence-corrected chi connectivity index (χ4v) is 4.76. The topological polar surface area (TPSA) is 61.8 Å². The quantitative estimate of drug-likeness (QED) is 0.349. The van der Waals surface area contributed by atoms with E-state index < -0.39 is 30.6 Å². The number of carbonyl (C=O) groups is 1. The van der Waals surface area contributed by atoms with Gasteiger partial charge in [0.25, 0.3) is 0 Å². The van der Waals surface area contributed by atoms with E-state index in [1.165, 1.54) is 0 Å². The minimum Gasteiger partial charge on any atom is -0.448 e. The summed E-state index contributed by atoms with van der Waals surface area (Å²) in [6.45, 7) is 10.7. The van der Waals surface area contributed by atoms with Crippen LogP contribution < -0.4 is 0 Å². The average Bonchev–Trinajstić information content (AvgIpc) is 2.28. The van der Waals surface area contributed by atoms with Crippen LogP contribution in [0.1, 0.15) is 48.0 Å². The number of hydrogen-bond donors (Lipinski definition) is 0. The summed E-state index contributed by atoms with van der Waals surface area (Å²) in [5.74, 6) is -1.25. The lowest BCUT2D eigenvalue weighted by Gasteiger charge is -2.35. The van der Waals surface area contributed by atoms with Crippen molar-refractivity contribution in [2.24, 2.45) is 0 Å². The first-order valence-corrected chi connectivity index (χ1v) is 10.6. The van der Waals surface area contributed by atoms with Crippen molar-refractivity contribution >= 4 is 36.9 Å². The average molecular weight is 375 g/mol. The standard InChI is InChI=1S/C14H28ClO5PS/c1-13(2,3)19-21(17,20-14(4,5)6)12(8-9-22-7)18-11(16)10-15/h12H,8-10H2,1-7H3/t12-/m1/s1. The molecule has 0 unspecified atom stereocenters. The number of alkyl halides is 1. The van der Waals surface area contributed by atoms with E-state index in [0.29, 0.717) is 12.2 Å². The fourth-order valence-electron chi connectivity index (χ4n) is 1.58. The molecule has 0 aliphatic carbocycles. The predicted molar refractivity (Wildman–Crippen MR) is 92.9 cm³/mol. The molecule has 5 nitrogen and oxygen atoms in total. The summed E-state index contributed by atoms with van der Waals surface area (Å²) in [5, 5.41) is 0. The Morgan fingerprint density at radius 2 is 1.59 bits per heavy atom. The van der Waals surface area contributed by atoms with Crippen LogP contribution in [0.3, 0.4) is 0 Å². The molecule has 132 valence electrons. The van der Waals surface area contributed by atoms with Gasteiger partial charge in [0.05, 0.1) is 11.2 Å². The lowest BCUT2D eigenvalue weighted by Crippen LogP contribution is -2.31. The second-order valence-corrected chi connectivity index (χ2v) is 10.1.